The average Bonchev–Trinajstić information content (AvgIpc) is 3.12. The number of benzene rings is 1. The van der Waals surface area contributed by atoms with Gasteiger partial charge in [-0.1, -0.05) is 0 Å². The van der Waals surface area contributed by atoms with E-state index in [0.29, 0.717) is 22.0 Å². The number of rotatable bonds is 6. The summed E-state index contributed by atoms with van der Waals surface area (Å²) in [6.07, 6.45) is 8.91. The van der Waals surface area contributed by atoms with Gasteiger partial charge in [0.2, 0.25) is 5.91 Å². The summed E-state index contributed by atoms with van der Waals surface area (Å²) in [6, 6.07) is 7.30. The summed E-state index contributed by atoms with van der Waals surface area (Å²) >= 11 is 0. The van der Waals surface area contributed by atoms with Gasteiger partial charge >= 0.3 is 0 Å². The number of halogens is 1. The minimum atomic E-state index is -0.395. The summed E-state index contributed by atoms with van der Waals surface area (Å²) in [5.41, 5.74) is 1.56. The van der Waals surface area contributed by atoms with Gasteiger partial charge in [-0.15, -0.1) is 0 Å². The van der Waals surface area contributed by atoms with Crippen LogP contribution in [0.3, 0.4) is 0 Å². The van der Waals surface area contributed by atoms with Crippen molar-refractivity contribution in [2.24, 2.45) is 0 Å². The highest BCUT2D eigenvalue weighted by Gasteiger charge is 2.24. The van der Waals surface area contributed by atoms with Gasteiger partial charge in [0.25, 0.3) is 0 Å². The Kier molecular flexibility index (Phi) is 5.90. The number of hydrogen-bond donors (Lipinski definition) is 1. The maximum absolute atomic E-state index is 13.2. The maximum Gasteiger partial charge on any atom is 0.240 e. The Labute approximate surface area is 174 Å². The molecule has 4 rings (SSSR count). The first-order chi connectivity index (χ1) is 14.5. The Bertz CT molecular complexity index is 1060. The SMILES string of the molecule is COC1CCCC(NC(=O)Cn2cc(C(=O)c3ccc(F)cc3)c3ccncc32)C1. The Balaban J connectivity index is 1.55. The number of hydrogen-bond acceptors (Lipinski definition) is 4. The lowest BCUT2D eigenvalue weighted by Gasteiger charge is -2.28. The van der Waals surface area contributed by atoms with Gasteiger partial charge in [0.15, 0.2) is 5.78 Å². The largest absolute Gasteiger partial charge is 0.381 e. The van der Waals surface area contributed by atoms with E-state index >= 15 is 0 Å². The number of aromatic nitrogens is 2. The molecule has 1 aliphatic carbocycles. The summed E-state index contributed by atoms with van der Waals surface area (Å²) < 4.78 is 20.4. The molecule has 3 aromatic rings. The number of carbonyl (C=O) groups is 2. The molecule has 1 aromatic carbocycles. The second kappa shape index (κ2) is 8.75. The van der Waals surface area contributed by atoms with Crippen molar-refractivity contribution in [1.29, 1.82) is 0 Å². The first kappa shape index (κ1) is 20.2. The van der Waals surface area contributed by atoms with Crippen LogP contribution in [0.15, 0.2) is 48.9 Å². The van der Waals surface area contributed by atoms with E-state index in [1.165, 1.54) is 24.3 Å². The summed E-state index contributed by atoms with van der Waals surface area (Å²) in [7, 11) is 1.70. The van der Waals surface area contributed by atoms with Crippen LogP contribution in [0.4, 0.5) is 4.39 Å². The van der Waals surface area contributed by atoms with Gasteiger partial charge in [-0.05, 0) is 56.0 Å². The van der Waals surface area contributed by atoms with Gasteiger partial charge in [-0.25, -0.2) is 4.39 Å². The third-order valence-electron chi connectivity index (χ3n) is 5.67. The molecule has 2 heterocycles. The number of nitrogens with zero attached hydrogens (tertiary/aromatic N) is 2. The number of amides is 1. The lowest BCUT2D eigenvalue weighted by atomic mass is 9.93. The quantitative estimate of drug-likeness (QED) is 0.633. The molecule has 30 heavy (non-hydrogen) atoms. The Morgan fingerprint density at radius 1 is 1.23 bits per heavy atom. The summed E-state index contributed by atoms with van der Waals surface area (Å²) in [4.78, 5) is 29.8. The van der Waals surface area contributed by atoms with Gasteiger partial charge in [0.1, 0.15) is 12.4 Å². The molecule has 1 aliphatic rings. The fourth-order valence-electron chi connectivity index (χ4n) is 4.12. The van der Waals surface area contributed by atoms with Crippen LogP contribution < -0.4 is 5.32 Å². The molecule has 0 spiro atoms. The first-order valence-corrected chi connectivity index (χ1v) is 10.1. The van der Waals surface area contributed by atoms with E-state index in [4.69, 9.17) is 4.74 Å². The van der Waals surface area contributed by atoms with Crippen LogP contribution in [-0.4, -0.2) is 40.5 Å². The lowest BCUT2D eigenvalue weighted by Crippen LogP contribution is -2.41. The number of methoxy groups -OCH3 is 1. The number of nitrogens with one attached hydrogen (secondary N) is 1. The van der Waals surface area contributed by atoms with E-state index in [1.807, 2.05) is 0 Å². The number of ether oxygens (including phenoxy) is 1. The zero-order valence-electron chi connectivity index (χ0n) is 16.8. The highest BCUT2D eigenvalue weighted by atomic mass is 19.1. The Morgan fingerprint density at radius 2 is 2.03 bits per heavy atom. The molecule has 0 aliphatic heterocycles. The molecule has 2 atom stereocenters. The van der Waals surface area contributed by atoms with Crippen molar-refractivity contribution in [3.05, 3.63) is 65.9 Å². The monoisotopic (exact) mass is 409 g/mol. The molecular formula is C23H24FN3O3. The molecule has 1 amide bonds. The zero-order valence-corrected chi connectivity index (χ0v) is 16.8. The molecule has 2 aromatic heterocycles. The molecule has 7 heteroatoms. The van der Waals surface area contributed by atoms with Crippen molar-refractivity contribution >= 4 is 22.6 Å². The van der Waals surface area contributed by atoms with Crippen molar-refractivity contribution in [3.63, 3.8) is 0 Å². The minimum absolute atomic E-state index is 0.0903. The molecule has 1 N–H and O–H groups in total. The molecule has 0 bridgehead atoms. The predicted molar refractivity (Wildman–Crippen MR) is 111 cm³/mol. The van der Waals surface area contributed by atoms with Crippen molar-refractivity contribution in [2.45, 2.75) is 44.4 Å². The third-order valence-corrected chi connectivity index (χ3v) is 5.67. The molecular weight excluding hydrogens is 385 g/mol. The number of fused-ring (bicyclic) bond motifs is 1. The van der Waals surface area contributed by atoms with Crippen LogP contribution >= 0.6 is 0 Å². The van der Waals surface area contributed by atoms with Crippen LogP contribution in [0, 0.1) is 5.82 Å². The fourth-order valence-corrected chi connectivity index (χ4v) is 4.12. The van der Waals surface area contributed by atoms with Crippen LogP contribution in [0.1, 0.15) is 41.6 Å². The van der Waals surface area contributed by atoms with Crippen LogP contribution in [0.2, 0.25) is 0 Å². The fraction of sp³-hybridized carbons (Fsp3) is 0.348. The van der Waals surface area contributed by atoms with Gasteiger partial charge in [0, 0.05) is 42.1 Å². The molecule has 1 fully saturated rings. The van der Waals surface area contributed by atoms with Gasteiger partial charge in [-0.2, -0.15) is 0 Å². The second-order valence-corrected chi connectivity index (χ2v) is 7.69. The van der Waals surface area contributed by atoms with Gasteiger partial charge in [-0.3, -0.25) is 14.6 Å². The van der Waals surface area contributed by atoms with Crippen molar-refractivity contribution in [1.82, 2.24) is 14.9 Å². The smallest absolute Gasteiger partial charge is 0.240 e. The van der Waals surface area contributed by atoms with Crippen LogP contribution in [-0.2, 0) is 16.1 Å². The average molecular weight is 409 g/mol. The molecule has 0 saturated heterocycles. The van der Waals surface area contributed by atoms with E-state index in [-0.39, 0.29) is 30.4 Å². The number of ketones is 1. The number of pyridine rings is 1. The zero-order chi connectivity index (χ0) is 21.1. The van der Waals surface area contributed by atoms with Gasteiger partial charge in [0.05, 0.1) is 17.8 Å². The summed E-state index contributed by atoms with van der Waals surface area (Å²) in [5, 5.41) is 3.80. The molecule has 2 unspecified atom stereocenters. The van der Waals surface area contributed by atoms with Crippen molar-refractivity contribution < 1.29 is 18.7 Å². The second-order valence-electron chi connectivity index (χ2n) is 7.69. The molecule has 0 radical (unpaired) electrons. The highest BCUT2D eigenvalue weighted by molar-refractivity contribution is 6.16. The summed E-state index contributed by atoms with van der Waals surface area (Å²) in [5.74, 6) is -0.730. The molecule has 6 nitrogen and oxygen atoms in total. The first-order valence-electron chi connectivity index (χ1n) is 10.1. The Hall–Kier alpha value is -3.06. The normalized spacial score (nSPS) is 19.0. The van der Waals surface area contributed by atoms with Crippen molar-refractivity contribution in [2.75, 3.05) is 7.11 Å². The van der Waals surface area contributed by atoms with E-state index in [9.17, 15) is 14.0 Å². The third kappa shape index (κ3) is 4.26. The Morgan fingerprint density at radius 3 is 2.80 bits per heavy atom. The predicted octanol–water partition coefficient (Wildman–Crippen LogP) is 3.48. The molecule has 1 saturated carbocycles. The van der Waals surface area contributed by atoms with E-state index in [0.717, 1.165) is 25.7 Å². The number of carbonyl (C=O) groups excluding carboxylic acids is 2. The van der Waals surface area contributed by atoms with Gasteiger partial charge < -0.3 is 14.6 Å². The van der Waals surface area contributed by atoms with E-state index < -0.39 is 5.82 Å². The minimum Gasteiger partial charge on any atom is -0.381 e. The van der Waals surface area contributed by atoms with Crippen LogP contribution in [0.25, 0.3) is 10.9 Å². The highest BCUT2D eigenvalue weighted by Crippen LogP contribution is 2.24. The maximum atomic E-state index is 13.2. The lowest BCUT2D eigenvalue weighted by molar-refractivity contribution is -0.122. The topological polar surface area (TPSA) is 73.2 Å². The summed E-state index contributed by atoms with van der Waals surface area (Å²) in [6.45, 7) is 0.0903. The van der Waals surface area contributed by atoms with E-state index in [1.54, 1.807) is 36.3 Å². The van der Waals surface area contributed by atoms with E-state index in [2.05, 4.69) is 10.3 Å². The van der Waals surface area contributed by atoms with Crippen molar-refractivity contribution in [3.8, 4) is 0 Å². The molecule has 156 valence electrons. The van der Waals surface area contributed by atoms with Crippen LogP contribution in [0.5, 0.6) is 0 Å². The standard InChI is InChI=1S/C23H24FN3O3/c1-30-18-4-2-3-17(11-18)26-22(28)14-27-13-20(19-9-10-25-12-21(19)27)23(29)15-5-7-16(24)8-6-15/h5-10,12-13,17-18H,2-4,11,14H2,1H3,(H,26,28).